The van der Waals surface area contributed by atoms with Gasteiger partial charge in [-0.25, -0.2) is 0 Å². The van der Waals surface area contributed by atoms with Crippen molar-refractivity contribution < 1.29 is 14.3 Å². The van der Waals surface area contributed by atoms with Crippen molar-refractivity contribution in [1.82, 2.24) is 5.01 Å². The Morgan fingerprint density at radius 2 is 1.77 bits per heavy atom. The summed E-state index contributed by atoms with van der Waals surface area (Å²) < 4.78 is 11.5. The number of benzene rings is 2. The van der Waals surface area contributed by atoms with Crippen molar-refractivity contribution >= 4 is 39.8 Å². The largest absolute Gasteiger partial charge is 0.490 e. The van der Waals surface area contributed by atoms with E-state index in [0.717, 1.165) is 10.8 Å². The smallest absolute Gasteiger partial charge is 0.283 e. The molecule has 1 amide bonds. The molecule has 0 saturated heterocycles. The first-order valence-corrected chi connectivity index (χ1v) is 10.7. The van der Waals surface area contributed by atoms with E-state index in [1.54, 1.807) is 6.08 Å². The number of para-hydroxylation sites is 2. The van der Waals surface area contributed by atoms with Crippen LogP contribution in [0.2, 0.25) is 0 Å². The fourth-order valence-corrected chi connectivity index (χ4v) is 3.85. The molecule has 0 radical (unpaired) electrons. The van der Waals surface area contributed by atoms with Crippen LogP contribution in [0.15, 0.2) is 70.3 Å². The van der Waals surface area contributed by atoms with Gasteiger partial charge in [0.1, 0.15) is 29.8 Å². The van der Waals surface area contributed by atoms with Gasteiger partial charge < -0.3 is 9.47 Å². The van der Waals surface area contributed by atoms with Gasteiger partial charge in [0, 0.05) is 11.5 Å². The summed E-state index contributed by atoms with van der Waals surface area (Å²) in [4.78, 5) is 16.7. The molecule has 0 aromatic heterocycles. The average molecular weight is 435 g/mol. The highest BCUT2D eigenvalue weighted by atomic mass is 32.2. The molecule has 0 unspecified atom stereocenters. The zero-order chi connectivity index (χ0) is 21.8. The summed E-state index contributed by atoms with van der Waals surface area (Å²) in [7, 11) is 0. The summed E-state index contributed by atoms with van der Waals surface area (Å²) in [5, 5.41) is 15.6. The number of ether oxygens (including phenoxy) is 2. The molecule has 0 fully saturated rings. The molecule has 31 heavy (non-hydrogen) atoms. The Morgan fingerprint density at radius 3 is 2.55 bits per heavy atom. The second kappa shape index (κ2) is 9.18. The number of nitrogens with zero attached hydrogens (tertiary/aromatic N) is 3. The van der Waals surface area contributed by atoms with Gasteiger partial charge in [-0.1, -0.05) is 50.2 Å². The van der Waals surface area contributed by atoms with Crippen molar-refractivity contribution in [3.05, 3.63) is 65.7 Å². The van der Waals surface area contributed by atoms with Gasteiger partial charge in [0.2, 0.25) is 5.17 Å². The van der Waals surface area contributed by atoms with Gasteiger partial charge in [0.05, 0.1) is 5.57 Å². The summed E-state index contributed by atoms with van der Waals surface area (Å²) in [6, 6.07) is 16.9. The number of hydrazone groups is 1. The predicted molar refractivity (Wildman–Crippen MR) is 124 cm³/mol. The van der Waals surface area contributed by atoms with Crippen molar-refractivity contribution in [3.8, 4) is 11.5 Å². The quantitative estimate of drug-likeness (QED) is 0.515. The maximum atomic E-state index is 12.6. The third kappa shape index (κ3) is 4.69. The van der Waals surface area contributed by atoms with Gasteiger partial charge in [-0.2, -0.15) is 15.1 Å². The zero-order valence-electron chi connectivity index (χ0n) is 17.2. The number of carbonyl (C=O) groups is 1. The molecule has 0 bridgehead atoms. The van der Waals surface area contributed by atoms with E-state index in [1.165, 1.54) is 16.8 Å². The number of hydrogen-bond donors (Lipinski definition) is 1. The molecular formula is C23H22N4O3S. The van der Waals surface area contributed by atoms with Crippen LogP contribution in [0.3, 0.4) is 0 Å². The highest BCUT2D eigenvalue weighted by Gasteiger charge is 2.36. The van der Waals surface area contributed by atoms with Crippen molar-refractivity contribution in [2.45, 2.75) is 13.8 Å². The number of fused-ring (bicyclic) bond motifs is 1. The topological polar surface area (TPSA) is 87.3 Å². The summed E-state index contributed by atoms with van der Waals surface area (Å²) >= 11 is 1.33. The van der Waals surface area contributed by atoms with E-state index in [4.69, 9.17) is 14.9 Å². The molecule has 8 heteroatoms. The molecular weight excluding hydrogens is 412 g/mol. The van der Waals surface area contributed by atoms with E-state index in [1.807, 2.05) is 68.4 Å². The molecule has 7 nitrogen and oxygen atoms in total. The first-order chi connectivity index (χ1) is 15.0. The number of aliphatic imine (C=N–C) groups is 1. The molecule has 2 aromatic carbocycles. The summed E-state index contributed by atoms with van der Waals surface area (Å²) in [5.41, 5.74) is 0.864. The monoisotopic (exact) mass is 434 g/mol. The van der Waals surface area contributed by atoms with Crippen LogP contribution in [0.1, 0.15) is 19.4 Å². The Balaban J connectivity index is 1.49. The Kier molecular flexibility index (Phi) is 6.18. The molecule has 2 aliphatic heterocycles. The molecule has 0 aliphatic carbocycles. The van der Waals surface area contributed by atoms with E-state index < -0.39 is 5.91 Å². The van der Waals surface area contributed by atoms with Crippen LogP contribution in [0, 0.1) is 11.3 Å². The average Bonchev–Trinajstić information content (AvgIpc) is 3.20. The Morgan fingerprint density at radius 1 is 1.06 bits per heavy atom. The first kappa shape index (κ1) is 20.9. The Labute approximate surface area is 185 Å². The molecule has 0 saturated carbocycles. The van der Waals surface area contributed by atoms with Crippen LogP contribution < -0.4 is 9.47 Å². The standard InChI is InChI=1S/C23H22N4O3S/c1-15(2)22-26-27-20(24)18(21(28)25-23(27)31-22)14-16-8-6-7-11-19(16)30-13-12-29-17-9-4-3-5-10-17/h3-11,14-15,24H,12-13H2,1-2H3/b18-14-,24-20?. The maximum absolute atomic E-state index is 12.6. The van der Waals surface area contributed by atoms with E-state index >= 15 is 0 Å². The predicted octanol–water partition coefficient (Wildman–Crippen LogP) is 4.42. The van der Waals surface area contributed by atoms with Gasteiger partial charge in [-0.15, -0.1) is 0 Å². The van der Waals surface area contributed by atoms with Crippen molar-refractivity contribution in [2.24, 2.45) is 16.0 Å². The Hall–Kier alpha value is -3.39. The van der Waals surface area contributed by atoms with Crippen LogP contribution in [0.25, 0.3) is 6.08 Å². The van der Waals surface area contributed by atoms with E-state index in [-0.39, 0.29) is 17.3 Å². The Bertz CT molecular complexity index is 1090. The summed E-state index contributed by atoms with van der Waals surface area (Å²) in [5.74, 6) is 1.14. The number of amidine groups is 2. The van der Waals surface area contributed by atoms with Gasteiger partial charge in [-0.3, -0.25) is 10.2 Å². The SMILES string of the molecule is CC(C)C1=NN2C(=N)/C(=C/c3ccccc3OCCOc3ccccc3)C(=O)N=C2S1. The number of hydrogen-bond acceptors (Lipinski definition) is 6. The lowest BCUT2D eigenvalue weighted by Gasteiger charge is -2.20. The van der Waals surface area contributed by atoms with Crippen molar-refractivity contribution in [2.75, 3.05) is 13.2 Å². The molecule has 4 rings (SSSR count). The van der Waals surface area contributed by atoms with Crippen LogP contribution in [0.4, 0.5) is 0 Å². The molecule has 2 aromatic rings. The molecule has 2 aliphatic rings. The third-order valence-corrected chi connectivity index (χ3v) is 5.74. The third-order valence-electron chi connectivity index (χ3n) is 4.54. The lowest BCUT2D eigenvalue weighted by molar-refractivity contribution is -0.114. The minimum atomic E-state index is -0.453. The second-order valence-corrected chi connectivity index (χ2v) is 8.15. The number of rotatable bonds is 7. The lowest BCUT2D eigenvalue weighted by Crippen LogP contribution is -2.35. The molecule has 2 heterocycles. The van der Waals surface area contributed by atoms with Gasteiger partial charge in [0.15, 0.2) is 5.84 Å². The maximum Gasteiger partial charge on any atom is 0.283 e. The van der Waals surface area contributed by atoms with Gasteiger partial charge in [0.25, 0.3) is 5.91 Å². The number of nitrogens with one attached hydrogen (secondary N) is 1. The highest BCUT2D eigenvalue weighted by molar-refractivity contribution is 8.27. The fourth-order valence-electron chi connectivity index (χ4n) is 2.95. The number of amides is 1. The fraction of sp³-hybridized carbons (Fsp3) is 0.217. The second-order valence-electron chi connectivity index (χ2n) is 7.16. The van der Waals surface area contributed by atoms with E-state index in [2.05, 4.69) is 10.1 Å². The molecule has 158 valence electrons. The van der Waals surface area contributed by atoms with Crippen LogP contribution in [-0.4, -0.2) is 40.2 Å². The van der Waals surface area contributed by atoms with Gasteiger partial charge in [-0.05, 0) is 36.0 Å². The molecule has 1 N–H and O–H groups in total. The van der Waals surface area contributed by atoms with Crippen LogP contribution in [-0.2, 0) is 4.79 Å². The van der Waals surface area contributed by atoms with E-state index in [0.29, 0.717) is 29.7 Å². The summed E-state index contributed by atoms with van der Waals surface area (Å²) in [6.07, 6.45) is 1.63. The van der Waals surface area contributed by atoms with Crippen molar-refractivity contribution in [3.63, 3.8) is 0 Å². The zero-order valence-corrected chi connectivity index (χ0v) is 18.1. The lowest BCUT2D eigenvalue weighted by atomic mass is 10.1. The minimum absolute atomic E-state index is 0.0142. The number of thioether (sulfide) groups is 1. The van der Waals surface area contributed by atoms with Crippen LogP contribution >= 0.6 is 11.8 Å². The van der Waals surface area contributed by atoms with Gasteiger partial charge >= 0.3 is 0 Å². The highest BCUT2D eigenvalue weighted by Crippen LogP contribution is 2.31. The summed E-state index contributed by atoms with van der Waals surface area (Å²) in [6.45, 7) is 4.76. The number of carbonyl (C=O) groups excluding carboxylic acids is 1. The minimum Gasteiger partial charge on any atom is -0.490 e. The van der Waals surface area contributed by atoms with E-state index in [9.17, 15) is 4.79 Å². The van der Waals surface area contributed by atoms with Crippen molar-refractivity contribution in [1.29, 1.82) is 5.41 Å². The normalized spacial score (nSPS) is 17.0. The molecule has 0 spiro atoms. The molecule has 0 atom stereocenters. The first-order valence-electron chi connectivity index (χ1n) is 9.92. The van der Waals surface area contributed by atoms with Crippen LogP contribution in [0.5, 0.6) is 11.5 Å².